The molecule has 0 aliphatic heterocycles. The van der Waals surface area contributed by atoms with Crippen LogP contribution < -0.4 is 4.72 Å². The summed E-state index contributed by atoms with van der Waals surface area (Å²) < 4.78 is 44.0. The third-order valence-electron chi connectivity index (χ3n) is 5.19. The van der Waals surface area contributed by atoms with E-state index in [0.29, 0.717) is 25.1 Å². The maximum atomic E-state index is 13.5. The Kier molecular flexibility index (Phi) is 5.62. The number of benzene rings is 1. The summed E-state index contributed by atoms with van der Waals surface area (Å²) in [7, 11) is -1.11. The average Bonchev–Trinajstić information content (AvgIpc) is 2.94. The number of alkyl halides is 2. The summed E-state index contributed by atoms with van der Waals surface area (Å²) in [5.74, 6) is -0.765. The van der Waals surface area contributed by atoms with Gasteiger partial charge < -0.3 is 9.29 Å². The van der Waals surface area contributed by atoms with Crippen molar-refractivity contribution in [3.05, 3.63) is 24.0 Å². The largest absolute Gasteiger partial charge is 0.327 e. The third-order valence-corrected chi connectivity index (χ3v) is 6.18. The molecular weight excluding hydrogens is 368 g/mol. The fraction of sp³-hybridized carbons (Fsp3) is 0.650. The van der Waals surface area contributed by atoms with Gasteiger partial charge in [-0.25, -0.2) is 18.0 Å². The van der Waals surface area contributed by atoms with Crippen LogP contribution in [-0.2, 0) is 22.9 Å². The molecule has 1 saturated carbocycles. The predicted octanol–water partition coefficient (Wildman–Crippen LogP) is 5.25. The Bertz CT molecular complexity index is 832. The second-order valence-electron chi connectivity index (χ2n) is 8.54. The molecule has 2 aromatic rings. The lowest BCUT2D eigenvalue weighted by Crippen LogP contribution is -2.28. The van der Waals surface area contributed by atoms with Crippen LogP contribution >= 0.6 is 0 Å². The minimum absolute atomic E-state index is 0.0218. The fourth-order valence-electron chi connectivity index (χ4n) is 3.69. The number of rotatable bonds is 5. The van der Waals surface area contributed by atoms with E-state index in [1.807, 2.05) is 25.1 Å². The molecule has 1 fully saturated rings. The average molecular weight is 398 g/mol. The Morgan fingerprint density at radius 1 is 1.30 bits per heavy atom. The summed E-state index contributed by atoms with van der Waals surface area (Å²) in [5, 5.41) is 0. The van der Waals surface area contributed by atoms with Crippen LogP contribution in [0, 0.1) is 5.92 Å². The first-order valence-electron chi connectivity index (χ1n) is 9.63. The number of nitrogens with one attached hydrogen (secondary N) is 1. The molecule has 1 unspecified atom stereocenters. The van der Waals surface area contributed by atoms with Gasteiger partial charge in [-0.1, -0.05) is 27.7 Å². The predicted molar refractivity (Wildman–Crippen MR) is 108 cm³/mol. The minimum Gasteiger partial charge on any atom is -0.327 e. The maximum Gasteiger partial charge on any atom is 0.248 e. The normalized spacial score (nSPS) is 19.3. The molecule has 1 atom stereocenters. The first kappa shape index (κ1) is 20.2. The second-order valence-corrected chi connectivity index (χ2v) is 10.0. The minimum atomic E-state index is -2.50. The standard InChI is InChI=1S/C20H29F2N3OS/c1-5-27(26)24-15-6-7-17-16(12-15)23-18(19(2,3)4)25(17)13-14-8-10-20(21,22)11-9-14/h6-7,12,14,24H,5,8-11,13H2,1-4H3. The molecule has 1 aromatic carbocycles. The highest BCUT2D eigenvalue weighted by molar-refractivity contribution is 7.86. The van der Waals surface area contributed by atoms with Crippen molar-refractivity contribution in [1.82, 2.24) is 9.55 Å². The first-order valence-corrected chi connectivity index (χ1v) is 10.9. The smallest absolute Gasteiger partial charge is 0.248 e. The molecule has 1 aromatic heterocycles. The lowest BCUT2D eigenvalue weighted by molar-refractivity contribution is -0.0473. The van der Waals surface area contributed by atoms with E-state index in [1.54, 1.807) is 0 Å². The first-order chi connectivity index (χ1) is 12.6. The van der Waals surface area contributed by atoms with Crippen LogP contribution in [0.2, 0.25) is 0 Å². The van der Waals surface area contributed by atoms with Crippen molar-refractivity contribution < 1.29 is 13.0 Å². The second kappa shape index (κ2) is 7.49. The molecule has 0 amide bonds. The van der Waals surface area contributed by atoms with Crippen LogP contribution in [0.1, 0.15) is 59.2 Å². The number of hydrogen-bond donors (Lipinski definition) is 1. The monoisotopic (exact) mass is 397 g/mol. The van der Waals surface area contributed by atoms with Crippen molar-refractivity contribution in [2.45, 2.75) is 71.3 Å². The van der Waals surface area contributed by atoms with Gasteiger partial charge in [0.05, 0.1) is 11.0 Å². The molecule has 1 heterocycles. The van der Waals surface area contributed by atoms with Crippen LogP contribution in [0.5, 0.6) is 0 Å². The molecule has 3 rings (SSSR count). The molecular formula is C20H29F2N3OS. The molecule has 1 aliphatic carbocycles. The van der Waals surface area contributed by atoms with Gasteiger partial charge in [-0.3, -0.25) is 0 Å². The van der Waals surface area contributed by atoms with E-state index in [1.165, 1.54) is 0 Å². The maximum absolute atomic E-state index is 13.5. The van der Waals surface area contributed by atoms with Gasteiger partial charge in [-0.15, -0.1) is 0 Å². The molecule has 150 valence electrons. The summed E-state index contributed by atoms with van der Waals surface area (Å²) >= 11 is 0. The number of halogens is 2. The highest BCUT2D eigenvalue weighted by Gasteiger charge is 2.35. The Balaban J connectivity index is 1.93. The van der Waals surface area contributed by atoms with Crippen LogP contribution in [-0.4, -0.2) is 25.4 Å². The Labute approximate surface area is 162 Å². The Morgan fingerprint density at radius 2 is 1.96 bits per heavy atom. The SMILES string of the molecule is CCS(=O)Nc1ccc2c(c1)nc(C(C)(C)C)n2CC1CCC(F)(F)CC1. The molecule has 0 spiro atoms. The number of nitrogens with zero attached hydrogens (tertiary/aromatic N) is 2. The molecule has 1 N–H and O–H groups in total. The zero-order valence-electron chi connectivity index (χ0n) is 16.5. The van der Waals surface area contributed by atoms with E-state index in [9.17, 15) is 13.0 Å². The number of imidazole rings is 1. The Morgan fingerprint density at radius 3 is 2.56 bits per heavy atom. The number of anilines is 1. The van der Waals surface area contributed by atoms with Gasteiger partial charge >= 0.3 is 0 Å². The van der Waals surface area contributed by atoms with Crippen molar-refractivity contribution in [3.8, 4) is 0 Å². The zero-order valence-corrected chi connectivity index (χ0v) is 17.3. The van der Waals surface area contributed by atoms with Crippen LogP contribution in [0.4, 0.5) is 14.5 Å². The van der Waals surface area contributed by atoms with Crippen LogP contribution in [0.15, 0.2) is 18.2 Å². The summed E-state index contributed by atoms with van der Waals surface area (Å²) in [4.78, 5) is 4.85. The molecule has 0 radical (unpaired) electrons. The van der Waals surface area contributed by atoms with Crippen molar-refractivity contribution in [3.63, 3.8) is 0 Å². The molecule has 4 nitrogen and oxygen atoms in total. The van der Waals surface area contributed by atoms with Gasteiger partial charge in [0.25, 0.3) is 0 Å². The molecule has 27 heavy (non-hydrogen) atoms. The molecule has 1 aliphatic rings. The lowest BCUT2D eigenvalue weighted by atomic mass is 9.86. The zero-order chi connectivity index (χ0) is 19.8. The van der Waals surface area contributed by atoms with Crippen molar-refractivity contribution in [2.75, 3.05) is 10.5 Å². The number of fused-ring (bicyclic) bond motifs is 1. The summed E-state index contributed by atoms with van der Waals surface area (Å²) in [6.07, 6.45) is 1.05. The van der Waals surface area contributed by atoms with Gasteiger partial charge in [0, 0.05) is 36.2 Å². The third kappa shape index (κ3) is 4.68. The highest BCUT2D eigenvalue weighted by atomic mass is 32.2. The summed E-state index contributed by atoms with van der Waals surface area (Å²) in [6.45, 7) is 8.93. The van der Waals surface area contributed by atoms with Gasteiger partial charge in [0.2, 0.25) is 5.92 Å². The summed E-state index contributed by atoms with van der Waals surface area (Å²) in [5.41, 5.74) is 2.48. The van der Waals surface area contributed by atoms with E-state index < -0.39 is 16.9 Å². The highest BCUT2D eigenvalue weighted by Crippen LogP contribution is 2.38. The van der Waals surface area contributed by atoms with Crippen LogP contribution in [0.3, 0.4) is 0 Å². The number of hydrogen-bond acceptors (Lipinski definition) is 2. The van der Waals surface area contributed by atoms with Crippen molar-refractivity contribution >= 4 is 27.7 Å². The quantitative estimate of drug-likeness (QED) is 0.748. The lowest BCUT2D eigenvalue weighted by Gasteiger charge is -2.30. The molecule has 0 bridgehead atoms. The molecule has 0 saturated heterocycles. The van der Waals surface area contributed by atoms with Gasteiger partial charge in [0.15, 0.2) is 0 Å². The van der Waals surface area contributed by atoms with E-state index in [2.05, 4.69) is 30.1 Å². The van der Waals surface area contributed by atoms with Crippen molar-refractivity contribution in [1.29, 1.82) is 0 Å². The Hall–Kier alpha value is -1.50. The van der Waals surface area contributed by atoms with Gasteiger partial charge in [0.1, 0.15) is 16.8 Å². The van der Waals surface area contributed by atoms with Crippen LogP contribution in [0.25, 0.3) is 11.0 Å². The van der Waals surface area contributed by atoms with Crippen molar-refractivity contribution in [2.24, 2.45) is 5.92 Å². The van der Waals surface area contributed by atoms with E-state index >= 15 is 0 Å². The van der Waals surface area contributed by atoms with E-state index in [0.717, 1.165) is 22.5 Å². The number of aromatic nitrogens is 2. The van der Waals surface area contributed by atoms with E-state index in [-0.39, 0.29) is 24.2 Å². The van der Waals surface area contributed by atoms with Gasteiger partial charge in [-0.2, -0.15) is 0 Å². The molecule has 7 heteroatoms. The topological polar surface area (TPSA) is 46.9 Å². The summed E-state index contributed by atoms with van der Waals surface area (Å²) in [6, 6.07) is 5.82. The fourth-order valence-corrected chi connectivity index (χ4v) is 4.23. The van der Waals surface area contributed by atoms with E-state index in [4.69, 9.17) is 4.98 Å². The van der Waals surface area contributed by atoms with Gasteiger partial charge in [-0.05, 0) is 37.0 Å².